The molecule has 0 aromatic rings. The van der Waals surface area contributed by atoms with E-state index >= 15 is 0 Å². The molecule has 70 valence electrons. The first-order valence-electron chi connectivity index (χ1n) is 4.74. The maximum absolute atomic E-state index is 11.3. The lowest BCUT2D eigenvalue weighted by atomic mass is 10.1. The second-order valence-corrected chi connectivity index (χ2v) is 3.11. The molecule has 0 aromatic carbocycles. The number of esters is 1. The Morgan fingerprint density at radius 3 is 3.08 bits per heavy atom. The summed E-state index contributed by atoms with van der Waals surface area (Å²) in [6.45, 7) is 3.27. The third-order valence-corrected chi connectivity index (χ3v) is 2.13. The van der Waals surface area contributed by atoms with Crippen LogP contribution in [0.5, 0.6) is 0 Å². The Labute approximate surface area is 73.5 Å². The number of hydrogen-bond acceptors (Lipinski definition) is 3. The fourth-order valence-corrected chi connectivity index (χ4v) is 1.47. The van der Waals surface area contributed by atoms with E-state index in [9.17, 15) is 4.79 Å². The molecule has 1 fully saturated rings. The molecular formula is C9H17NO2. The first-order chi connectivity index (χ1) is 5.84. The Bertz CT molecular complexity index is 139. The molecule has 1 aliphatic heterocycles. The molecular weight excluding hydrogens is 154 g/mol. The Balaban J connectivity index is 2.32. The van der Waals surface area contributed by atoms with E-state index in [0.29, 0.717) is 6.61 Å². The van der Waals surface area contributed by atoms with Crippen molar-refractivity contribution >= 4 is 5.97 Å². The second kappa shape index (κ2) is 5.14. The Hall–Kier alpha value is -0.570. The van der Waals surface area contributed by atoms with Crippen molar-refractivity contribution in [2.24, 2.45) is 0 Å². The van der Waals surface area contributed by atoms with Crippen LogP contribution in [0.25, 0.3) is 0 Å². The summed E-state index contributed by atoms with van der Waals surface area (Å²) in [5.41, 5.74) is 0. The van der Waals surface area contributed by atoms with Crippen molar-refractivity contribution in [3.63, 3.8) is 0 Å². The maximum atomic E-state index is 11.3. The van der Waals surface area contributed by atoms with Gasteiger partial charge in [-0.2, -0.15) is 0 Å². The number of rotatable bonds is 2. The lowest BCUT2D eigenvalue weighted by Crippen LogP contribution is -2.37. The molecule has 0 amide bonds. The molecule has 1 N–H and O–H groups in total. The van der Waals surface area contributed by atoms with Crippen LogP contribution in [0.4, 0.5) is 0 Å². The van der Waals surface area contributed by atoms with Crippen LogP contribution < -0.4 is 5.32 Å². The number of carbonyl (C=O) groups is 1. The number of nitrogens with one attached hydrogen (secondary N) is 1. The molecule has 12 heavy (non-hydrogen) atoms. The van der Waals surface area contributed by atoms with Gasteiger partial charge in [-0.15, -0.1) is 0 Å². The number of hydrogen-bond donors (Lipinski definition) is 1. The highest BCUT2D eigenvalue weighted by atomic mass is 16.5. The summed E-state index contributed by atoms with van der Waals surface area (Å²) in [5, 5.41) is 3.19. The van der Waals surface area contributed by atoms with Gasteiger partial charge >= 0.3 is 5.97 Å². The van der Waals surface area contributed by atoms with Gasteiger partial charge in [-0.1, -0.05) is 12.8 Å². The van der Waals surface area contributed by atoms with Gasteiger partial charge in [-0.25, -0.2) is 0 Å². The van der Waals surface area contributed by atoms with Gasteiger partial charge in [0.05, 0.1) is 6.61 Å². The van der Waals surface area contributed by atoms with Gasteiger partial charge in [0.25, 0.3) is 0 Å². The zero-order chi connectivity index (χ0) is 8.81. The molecule has 0 radical (unpaired) electrons. The molecule has 0 unspecified atom stereocenters. The molecule has 0 saturated carbocycles. The highest BCUT2D eigenvalue weighted by Crippen LogP contribution is 2.09. The highest BCUT2D eigenvalue weighted by Gasteiger charge is 2.19. The monoisotopic (exact) mass is 171 g/mol. The zero-order valence-electron chi connectivity index (χ0n) is 7.64. The van der Waals surface area contributed by atoms with Crippen molar-refractivity contribution in [3.05, 3.63) is 0 Å². The van der Waals surface area contributed by atoms with Crippen LogP contribution in [0.15, 0.2) is 0 Å². The smallest absolute Gasteiger partial charge is 0.323 e. The summed E-state index contributed by atoms with van der Waals surface area (Å²) >= 11 is 0. The minimum absolute atomic E-state index is 0.0487. The van der Waals surface area contributed by atoms with Crippen molar-refractivity contribution in [2.75, 3.05) is 13.2 Å². The molecule has 1 heterocycles. The van der Waals surface area contributed by atoms with Crippen molar-refractivity contribution in [2.45, 2.75) is 38.6 Å². The minimum atomic E-state index is -0.0839. The van der Waals surface area contributed by atoms with Gasteiger partial charge < -0.3 is 10.1 Å². The minimum Gasteiger partial charge on any atom is -0.465 e. The van der Waals surface area contributed by atoms with E-state index in [2.05, 4.69) is 5.32 Å². The molecule has 0 bridgehead atoms. The number of carbonyl (C=O) groups excluding carboxylic acids is 1. The third-order valence-electron chi connectivity index (χ3n) is 2.13. The fourth-order valence-electron chi connectivity index (χ4n) is 1.47. The summed E-state index contributed by atoms with van der Waals surface area (Å²) in [7, 11) is 0. The van der Waals surface area contributed by atoms with Crippen LogP contribution >= 0.6 is 0 Å². The van der Waals surface area contributed by atoms with Crippen LogP contribution in [0, 0.1) is 0 Å². The first kappa shape index (κ1) is 9.52. The van der Waals surface area contributed by atoms with Gasteiger partial charge in [0.15, 0.2) is 0 Å². The average Bonchev–Trinajstić information content (AvgIpc) is 2.32. The molecule has 0 spiro atoms. The molecule has 3 heteroatoms. The number of ether oxygens (including phenoxy) is 1. The molecule has 3 nitrogen and oxygen atoms in total. The van der Waals surface area contributed by atoms with E-state index in [1.54, 1.807) is 0 Å². The summed E-state index contributed by atoms with van der Waals surface area (Å²) in [4.78, 5) is 11.3. The second-order valence-electron chi connectivity index (χ2n) is 3.11. The van der Waals surface area contributed by atoms with Crippen molar-refractivity contribution in [1.82, 2.24) is 5.32 Å². The lowest BCUT2D eigenvalue weighted by Gasteiger charge is -2.13. The Kier molecular flexibility index (Phi) is 4.08. The van der Waals surface area contributed by atoms with Gasteiger partial charge in [-0.05, 0) is 26.3 Å². The van der Waals surface area contributed by atoms with Crippen molar-refractivity contribution in [3.8, 4) is 0 Å². The molecule has 1 rings (SSSR count). The van der Waals surface area contributed by atoms with Crippen LogP contribution in [0.1, 0.15) is 32.6 Å². The van der Waals surface area contributed by atoms with Gasteiger partial charge in [-0.3, -0.25) is 4.79 Å². The molecule has 0 aromatic heterocycles. The molecule has 1 aliphatic rings. The van der Waals surface area contributed by atoms with Crippen LogP contribution in [0.3, 0.4) is 0 Å². The van der Waals surface area contributed by atoms with Crippen molar-refractivity contribution < 1.29 is 9.53 Å². The highest BCUT2D eigenvalue weighted by molar-refractivity contribution is 5.75. The van der Waals surface area contributed by atoms with E-state index in [-0.39, 0.29) is 12.0 Å². The fraction of sp³-hybridized carbons (Fsp3) is 0.889. The van der Waals surface area contributed by atoms with Gasteiger partial charge in [0.2, 0.25) is 0 Å². The predicted molar refractivity (Wildman–Crippen MR) is 46.9 cm³/mol. The summed E-state index contributed by atoms with van der Waals surface area (Å²) in [5.74, 6) is -0.0839. The summed E-state index contributed by atoms with van der Waals surface area (Å²) in [6, 6.07) is -0.0487. The maximum Gasteiger partial charge on any atom is 0.323 e. The van der Waals surface area contributed by atoms with E-state index < -0.39 is 0 Å². The first-order valence-corrected chi connectivity index (χ1v) is 4.74. The van der Waals surface area contributed by atoms with Crippen LogP contribution in [-0.2, 0) is 9.53 Å². The average molecular weight is 171 g/mol. The molecule has 0 aliphatic carbocycles. The molecule has 1 saturated heterocycles. The standard InChI is InChI=1S/C9H17NO2/c1-2-12-9(11)8-6-4-3-5-7-10-8/h8,10H,2-7H2,1H3/t8-/m1/s1. The Morgan fingerprint density at radius 2 is 2.33 bits per heavy atom. The van der Waals surface area contributed by atoms with Gasteiger partial charge in [0, 0.05) is 0 Å². The third kappa shape index (κ3) is 2.81. The topological polar surface area (TPSA) is 38.3 Å². The largest absolute Gasteiger partial charge is 0.465 e. The van der Waals surface area contributed by atoms with E-state index in [1.807, 2.05) is 6.92 Å². The Morgan fingerprint density at radius 1 is 1.50 bits per heavy atom. The lowest BCUT2D eigenvalue weighted by molar-refractivity contribution is -0.145. The zero-order valence-corrected chi connectivity index (χ0v) is 7.64. The van der Waals surface area contributed by atoms with Gasteiger partial charge in [0.1, 0.15) is 6.04 Å². The van der Waals surface area contributed by atoms with Crippen LogP contribution in [-0.4, -0.2) is 25.2 Å². The van der Waals surface area contributed by atoms with Crippen LogP contribution in [0.2, 0.25) is 0 Å². The summed E-state index contributed by atoms with van der Waals surface area (Å²) < 4.78 is 4.94. The normalized spacial score (nSPS) is 24.6. The summed E-state index contributed by atoms with van der Waals surface area (Å²) in [6.07, 6.45) is 4.47. The quantitative estimate of drug-likeness (QED) is 0.632. The van der Waals surface area contributed by atoms with E-state index in [1.165, 1.54) is 12.8 Å². The van der Waals surface area contributed by atoms with E-state index in [0.717, 1.165) is 19.4 Å². The van der Waals surface area contributed by atoms with Crippen molar-refractivity contribution in [1.29, 1.82) is 0 Å². The van der Waals surface area contributed by atoms with E-state index in [4.69, 9.17) is 4.74 Å². The molecule has 1 atom stereocenters. The predicted octanol–water partition coefficient (Wildman–Crippen LogP) is 1.08. The SMILES string of the molecule is CCOC(=O)[C@H]1CCCCCN1.